The van der Waals surface area contributed by atoms with Gasteiger partial charge in [-0.2, -0.15) is 5.10 Å². The summed E-state index contributed by atoms with van der Waals surface area (Å²) in [5.41, 5.74) is 1.32. The lowest BCUT2D eigenvalue weighted by Crippen LogP contribution is -2.21. The molecular weight excluding hydrogens is 248 g/mol. The van der Waals surface area contributed by atoms with Crippen LogP contribution in [-0.4, -0.2) is 15.8 Å². The predicted molar refractivity (Wildman–Crippen MR) is 69.7 cm³/mol. The second-order valence-corrected chi connectivity index (χ2v) is 4.79. The number of benzene rings is 1. The number of halogens is 2. The molecule has 2 rings (SSSR count). The summed E-state index contributed by atoms with van der Waals surface area (Å²) in [4.78, 5) is 0. The first-order valence-electron chi connectivity index (χ1n) is 6.24. The third kappa shape index (κ3) is 3.61. The summed E-state index contributed by atoms with van der Waals surface area (Å²) < 4.78 is 28.2. The average molecular weight is 265 g/mol. The van der Waals surface area contributed by atoms with Crippen molar-refractivity contribution < 1.29 is 8.78 Å². The fourth-order valence-corrected chi connectivity index (χ4v) is 1.75. The minimum atomic E-state index is -0.827. The van der Waals surface area contributed by atoms with E-state index in [1.54, 1.807) is 16.9 Å². The molecule has 0 spiro atoms. The van der Waals surface area contributed by atoms with Gasteiger partial charge < -0.3 is 5.32 Å². The van der Waals surface area contributed by atoms with Gasteiger partial charge in [0.1, 0.15) is 0 Å². The topological polar surface area (TPSA) is 29.9 Å². The standard InChI is InChI=1S/C14H17F2N3/c1-10(2)17-6-11-7-18-19(8-11)9-12-4-3-5-13(15)14(12)16/h3-5,7-8,10,17H,6,9H2,1-2H3. The largest absolute Gasteiger partial charge is 0.310 e. The molecule has 2 aromatic rings. The van der Waals surface area contributed by atoms with Crippen LogP contribution in [-0.2, 0) is 13.1 Å². The number of rotatable bonds is 5. The van der Waals surface area contributed by atoms with Gasteiger partial charge in [-0.15, -0.1) is 0 Å². The lowest BCUT2D eigenvalue weighted by atomic mass is 10.2. The van der Waals surface area contributed by atoms with Crippen molar-refractivity contribution in [3.8, 4) is 0 Å². The highest BCUT2D eigenvalue weighted by molar-refractivity contribution is 5.19. The summed E-state index contributed by atoms with van der Waals surface area (Å²) in [7, 11) is 0. The van der Waals surface area contributed by atoms with Crippen molar-refractivity contribution in [2.24, 2.45) is 0 Å². The van der Waals surface area contributed by atoms with Crippen LogP contribution in [0.15, 0.2) is 30.6 Å². The molecule has 0 fully saturated rings. The monoisotopic (exact) mass is 265 g/mol. The van der Waals surface area contributed by atoms with Crippen LogP contribution in [0.25, 0.3) is 0 Å². The molecule has 1 aromatic carbocycles. The Balaban J connectivity index is 2.05. The Hall–Kier alpha value is -1.75. The summed E-state index contributed by atoms with van der Waals surface area (Å²) in [5.74, 6) is -1.63. The second-order valence-electron chi connectivity index (χ2n) is 4.79. The molecule has 0 radical (unpaired) electrons. The summed E-state index contributed by atoms with van der Waals surface area (Å²) in [6.07, 6.45) is 3.56. The molecule has 1 N–H and O–H groups in total. The van der Waals surface area contributed by atoms with Crippen LogP contribution >= 0.6 is 0 Å². The predicted octanol–water partition coefficient (Wildman–Crippen LogP) is 2.71. The molecule has 5 heteroatoms. The second kappa shape index (κ2) is 5.93. The van der Waals surface area contributed by atoms with E-state index in [1.807, 2.05) is 6.20 Å². The van der Waals surface area contributed by atoms with Gasteiger partial charge in [-0.1, -0.05) is 26.0 Å². The molecule has 0 saturated carbocycles. The third-order valence-electron chi connectivity index (χ3n) is 2.77. The molecule has 1 heterocycles. The molecular formula is C14H17F2N3. The Morgan fingerprint density at radius 3 is 2.84 bits per heavy atom. The van der Waals surface area contributed by atoms with Crippen LogP contribution < -0.4 is 5.32 Å². The van der Waals surface area contributed by atoms with Crippen LogP contribution in [0.5, 0.6) is 0 Å². The zero-order chi connectivity index (χ0) is 13.8. The summed E-state index contributed by atoms with van der Waals surface area (Å²) >= 11 is 0. The molecule has 0 atom stereocenters. The van der Waals surface area contributed by atoms with Crippen molar-refractivity contribution in [2.75, 3.05) is 0 Å². The van der Waals surface area contributed by atoms with Gasteiger partial charge in [0.25, 0.3) is 0 Å². The highest BCUT2D eigenvalue weighted by atomic mass is 19.2. The highest BCUT2D eigenvalue weighted by Crippen LogP contribution is 2.12. The normalized spacial score (nSPS) is 11.2. The zero-order valence-corrected chi connectivity index (χ0v) is 11.0. The van der Waals surface area contributed by atoms with Crippen LogP contribution in [0.1, 0.15) is 25.0 Å². The minimum Gasteiger partial charge on any atom is -0.310 e. The van der Waals surface area contributed by atoms with Crippen LogP contribution in [0, 0.1) is 11.6 Å². The average Bonchev–Trinajstić information content (AvgIpc) is 2.80. The Kier molecular flexibility index (Phi) is 4.27. The zero-order valence-electron chi connectivity index (χ0n) is 11.0. The van der Waals surface area contributed by atoms with E-state index in [2.05, 4.69) is 24.3 Å². The minimum absolute atomic E-state index is 0.227. The first kappa shape index (κ1) is 13.7. The molecule has 0 amide bonds. The van der Waals surface area contributed by atoms with Crippen LogP contribution in [0.3, 0.4) is 0 Å². The first-order valence-corrected chi connectivity index (χ1v) is 6.24. The molecule has 0 saturated heterocycles. The van der Waals surface area contributed by atoms with Crippen molar-refractivity contribution >= 4 is 0 Å². The molecule has 0 unspecified atom stereocenters. The molecule has 102 valence electrons. The van der Waals surface area contributed by atoms with Crippen molar-refractivity contribution in [1.82, 2.24) is 15.1 Å². The smallest absolute Gasteiger partial charge is 0.163 e. The van der Waals surface area contributed by atoms with Crippen LogP contribution in [0.2, 0.25) is 0 Å². The molecule has 1 aromatic heterocycles. The Morgan fingerprint density at radius 2 is 2.11 bits per heavy atom. The lowest BCUT2D eigenvalue weighted by molar-refractivity contribution is 0.492. The van der Waals surface area contributed by atoms with Gasteiger partial charge in [0.2, 0.25) is 0 Å². The first-order chi connectivity index (χ1) is 9.06. The number of hydrogen-bond acceptors (Lipinski definition) is 2. The summed E-state index contributed by atoms with van der Waals surface area (Å²) in [6.45, 7) is 5.06. The molecule has 19 heavy (non-hydrogen) atoms. The Bertz CT molecular complexity index is 549. The maximum absolute atomic E-state index is 13.5. The van der Waals surface area contributed by atoms with E-state index >= 15 is 0 Å². The quantitative estimate of drug-likeness (QED) is 0.900. The summed E-state index contributed by atoms with van der Waals surface area (Å²) in [5, 5.41) is 7.42. The van der Waals surface area contributed by atoms with Gasteiger partial charge in [0.05, 0.1) is 12.7 Å². The van der Waals surface area contributed by atoms with Gasteiger partial charge in [-0.3, -0.25) is 4.68 Å². The fraction of sp³-hybridized carbons (Fsp3) is 0.357. The van der Waals surface area contributed by atoms with Crippen molar-refractivity contribution in [1.29, 1.82) is 0 Å². The van der Waals surface area contributed by atoms with E-state index in [0.717, 1.165) is 11.6 Å². The number of nitrogens with zero attached hydrogens (tertiary/aromatic N) is 2. The summed E-state index contributed by atoms with van der Waals surface area (Å²) in [6, 6.07) is 4.56. The van der Waals surface area contributed by atoms with E-state index in [0.29, 0.717) is 18.2 Å². The van der Waals surface area contributed by atoms with Crippen molar-refractivity contribution in [3.63, 3.8) is 0 Å². The van der Waals surface area contributed by atoms with Gasteiger partial charge >= 0.3 is 0 Å². The van der Waals surface area contributed by atoms with E-state index < -0.39 is 11.6 Å². The highest BCUT2D eigenvalue weighted by Gasteiger charge is 2.08. The number of aromatic nitrogens is 2. The van der Waals surface area contributed by atoms with E-state index in [4.69, 9.17) is 0 Å². The molecule has 0 bridgehead atoms. The lowest BCUT2D eigenvalue weighted by Gasteiger charge is -2.06. The number of nitrogens with one attached hydrogen (secondary N) is 1. The van der Waals surface area contributed by atoms with E-state index in [-0.39, 0.29) is 6.54 Å². The fourth-order valence-electron chi connectivity index (χ4n) is 1.75. The van der Waals surface area contributed by atoms with E-state index in [1.165, 1.54) is 6.07 Å². The van der Waals surface area contributed by atoms with Gasteiger partial charge in [0.15, 0.2) is 11.6 Å². The molecule has 0 aliphatic heterocycles. The molecule has 3 nitrogen and oxygen atoms in total. The maximum atomic E-state index is 13.5. The third-order valence-corrected chi connectivity index (χ3v) is 2.77. The van der Waals surface area contributed by atoms with Gasteiger partial charge in [0, 0.05) is 29.9 Å². The SMILES string of the molecule is CC(C)NCc1cnn(Cc2cccc(F)c2F)c1. The van der Waals surface area contributed by atoms with Crippen LogP contribution in [0.4, 0.5) is 8.78 Å². The molecule has 0 aliphatic rings. The van der Waals surface area contributed by atoms with Gasteiger partial charge in [-0.25, -0.2) is 8.78 Å². The Labute approximate surface area is 111 Å². The number of hydrogen-bond donors (Lipinski definition) is 1. The maximum Gasteiger partial charge on any atom is 0.163 e. The molecule has 0 aliphatic carbocycles. The Morgan fingerprint density at radius 1 is 1.32 bits per heavy atom. The van der Waals surface area contributed by atoms with Gasteiger partial charge in [-0.05, 0) is 6.07 Å². The van der Waals surface area contributed by atoms with Crippen molar-refractivity contribution in [2.45, 2.75) is 33.0 Å². The van der Waals surface area contributed by atoms with E-state index in [9.17, 15) is 8.78 Å². The van der Waals surface area contributed by atoms with Crippen molar-refractivity contribution in [3.05, 3.63) is 53.4 Å².